The number of pyridine rings is 1. The van der Waals surface area contributed by atoms with Crippen LogP contribution in [-0.4, -0.2) is 30.2 Å². The minimum absolute atomic E-state index is 0.119. The van der Waals surface area contributed by atoms with E-state index in [1.54, 1.807) is 12.3 Å². The van der Waals surface area contributed by atoms with Crippen LogP contribution >= 0.6 is 0 Å². The Morgan fingerprint density at radius 2 is 1.96 bits per heavy atom. The Balaban J connectivity index is 1.48. The number of amides is 1. The van der Waals surface area contributed by atoms with Crippen LogP contribution in [0.3, 0.4) is 0 Å². The summed E-state index contributed by atoms with van der Waals surface area (Å²) in [4.78, 5) is 24.2. The highest BCUT2D eigenvalue weighted by Crippen LogP contribution is 2.40. The lowest BCUT2D eigenvalue weighted by molar-refractivity contribution is 0.0933. The molecule has 5 nitrogen and oxygen atoms in total. The first-order valence-corrected chi connectivity index (χ1v) is 9.28. The van der Waals surface area contributed by atoms with E-state index in [1.165, 1.54) is 16.2 Å². The maximum Gasteiger partial charge on any atom is 0.252 e. The lowest BCUT2D eigenvalue weighted by atomic mass is 9.71. The number of nitrogens with zero attached hydrogens (tertiary/aromatic N) is 1. The monoisotopic (exact) mass is 354 g/mol. The van der Waals surface area contributed by atoms with Gasteiger partial charge in [0.25, 0.3) is 11.5 Å². The summed E-state index contributed by atoms with van der Waals surface area (Å²) in [6, 6.07) is 13.6. The van der Waals surface area contributed by atoms with Gasteiger partial charge in [0.05, 0.1) is 12.2 Å². The van der Waals surface area contributed by atoms with Gasteiger partial charge in [0.15, 0.2) is 0 Å². The number of rotatable bonds is 8. The molecule has 1 amide bonds. The number of aromatic nitrogens is 1. The smallest absolute Gasteiger partial charge is 0.252 e. The zero-order chi connectivity index (χ0) is 18.4. The largest absolute Gasteiger partial charge is 0.380 e. The SMILES string of the molecule is CCOCCn1cc(C(=O)NCC2CC(c3ccccc3)C2)ccc1=O. The Morgan fingerprint density at radius 1 is 1.19 bits per heavy atom. The second kappa shape index (κ2) is 8.81. The maximum absolute atomic E-state index is 12.4. The van der Waals surface area contributed by atoms with Crippen molar-refractivity contribution >= 4 is 5.91 Å². The Hall–Kier alpha value is -2.40. The maximum atomic E-state index is 12.4. The predicted molar refractivity (Wildman–Crippen MR) is 101 cm³/mol. The normalized spacial score (nSPS) is 19.0. The van der Waals surface area contributed by atoms with Crippen molar-refractivity contribution in [2.24, 2.45) is 5.92 Å². The van der Waals surface area contributed by atoms with Crippen LogP contribution in [0.5, 0.6) is 0 Å². The number of benzene rings is 1. The molecule has 1 aromatic heterocycles. The van der Waals surface area contributed by atoms with Crippen molar-refractivity contribution in [3.05, 3.63) is 70.1 Å². The summed E-state index contributed by atoms with van der Waals surface area (Å²) in [6.45, 7) is 4.12. The van der Waals surface area contributed by atoms with E-state index < -0.39 is 0 Å². The first-order chi connectivity index (χ1) is 12.7. The third-order valence-corrected chi connectivity index (χ3v) is 4.98. The van der Waals surface area contributed by atoms with E-state index >= 15 is 0 Å². The van der Waals surface area contributed by atoms with Gasteiger partial charge in [-0.3, -0.25) is 9.59 Å². The second-order valence-electron chi connectivity index (χ2n) is 6.80. The lowest BCUT2D eigenvalue weighted by Gasteiger charge is -2.35. The average molecular weight is 354 g/mol. The van der Waals surface area contributed by atoms with Crippen LogP contribution in [0.25, 0.3) is 0 Å². The molecule has 0 bridgehead atoms. The van der Waals surface area contributed by atoms with Gasteiger partial charge < -0.3 is 14.6 Å². The fourth-order valence-electron chi connectivity index (χ4n) is 3.39. The van der Waals surface area contributed by atoms with Crippen LogP contribution < -0.4 is 10.9 Å². The molecule has 1 fully saturated rings. The molecule has 1 saturated carbocycles. The molecule has 5 heteroatoms. The van der Waals surface area contributed by atoms with Gasteiger partial charge in [0.2, 0.25) is 0 Å². The van der Waals surface area contributed by atoms with Crippen molar-refractivity contribution in [1.82, 2.24) is 9.88 Å². The summed E-state index contributed by atoms with van der Waals surface area (Å²) in [7, 11) is 0. The van der Waals surface area contributed by atoms with Crippen molar-refractivity contribution in [3.8, 4) is 0 Å². The molecular weight excluding hydrogens is 328 g/mol. The van der Waals surface area contributed by atoms with E-state index in [1.807, 2.05) is 13.0 Å². The molecule has 0 atom stereocenters. The summed E-state index contributed by atoms with van der Waals surface area (Å²) in [5, 5.41) is 3.00. The van der Waals surface area contributed by atoms with Crippen molar-refractivity contribution in [2.75, 3.05) is 19.8 Å². The Kier molecular flexibility index (Phi) is 6.23. The van der Waals surface area contributed by atoms with Gasteiger partial charge in [0.1, 0.15) is 0 Å². The number of carbonyl (C=O) groups is 1. The summed E-state index contributed by atoms with van der Waals surface area (Å²) in [5.41, 5.74) is 1.78. The first-order valence-electron chi connectivity index (χ1n) is 9.28. The van der Waals surface area contributed by atoms with Crippen LogP contribution in [0.1, 0.15) is 41.6 Å². The van der Waals surface area contributed by atoms with Crippen LogP contribution in [-0.2, 0) is 11.3 Å². The highest BCUT2D eigenvalue weighted by atomic mass is 16.5. The van der Waals surface area contributed by atoms with Crippen LogP contribution in [0, 0.1) is 5.92 Å². The summed E-state index contributed by atoms with van der Waals surface area (Å²) in [5.74, 6) is 1.00. The van der Waals surface area contributed by atoms with Gasteiger partial charge in [-0.25, -0.2) is 0 Å². The third kappa shape index (κ3) is 4.61. The third-order valence-electron chi connectivity index (χ3n) is 4.98. The molecule has 1 heterocycles. The predicted octanol–water partition coefficient (Wildman–Crippen LogP) is 2.81. The van der Waals surface area contributed by atoms with E-state index in [-0.39, 0.29) is 11.5 Å². The number of hydrogen-bond acceptors (Lipinski definition) is 3. The molecule has 0 aliphatic heterocycles. The van der Waals surface area contributed by atoms with Gasteiger partial charge in [-0.05, 0) is 43.2 Å². The average Bonchev–Trinajstić information content (AvgIpc) is 2.63. The molecule has 1 N–H and O–H groups in total. The van der Waals surface area contributed by atoms with Crippen LogP contribution in [0.2, 0.25) is 0 Å². The molecule has 26 heavy (non-hydrogen) atoms. The zero-order valence-electron chi connectivity index (χ0n) is 15.2. The van der Waals surface area contributed by atoms with Crippen molar-refractivity contribution in [3.63, 3.8) is 0 Å². The first kappa shape index (κ1) is 18.4. The number of hydrogen-bond donors (Lipinski definition) is 1. The van der Waals surface area contributed by atoms with Gasteiger partial charge in [-0.1, -0.05) is 30.3 Å². The molecule has 1 aliphatic carbocycles. The standard InChI is InChI=1S/C21H26N2O3/c1-2-26-11-10-23-15-18(8-9-20(23)24)21(25)22-14-16-12-19(13-16)17-6-4-3-5-7-17/h3-9,15-16,19H,2,10-14H2,1H3,(H,22,25). The van der Waals surface area contributed by atoms with Gasteiger partial charge in [-0.2, -0.15) is 0 Å². The van der Waals surface area contributed by atoms with Crippen LogP contribution in [0.15, 0.2) is 53.5 Å². The van der Waals surface area contributed by atoms with E-state index in [2.05, 4.69) is 29.6 Å². The lowest BCUT2D eigenvalue weighted by Crippen LogP contribution is -2.35. The minimum Gasteiger partial charge on any atom is -0.380 e. The second-order valence-corrected chi connectivity index (χ2v) is 6.80. The molecule has 3 rings (SSSR count). The molecule has 0 spiro atoms. The van der Waals surface area contributed by atoms with Gasteiger partial charge in [-0.15, -0.1) is 0 Å². The molecular formula is C21H26N2O3. The van der Waals surface area contributed by atoms with Crippen molar-refractivity contribution in [2.45, 2.75) is 32.2 Å². The summed E-state index contributed by atoms with van der Waals surface area (Å²) < 4.78 is 6.81. The fraction of sp³-hybridized carbons (Fsp3) is 0.429. The van der Waals surface area contributed by atoms with Crippen LogP contribution in [0.4, 0.5) is 0 Å². The number of ether oxygens (including phenoxy) is 1. The van der Waals surface area contributed by atoms with E-state index in [0.717, 1.165) is 12.8 Å². The van der Waals surface area contributed by atoms with Crippen molar-refractivity contribution in [1.29, 1.82) is 0 Å². The highest BCUT2D eigenvalue weighted by molar-refractivity contribution is 5.93. The van der Waals surface area contributed by atoms with Gasteiger partial charge in [0, 0.05) is 32.0 Å². The topological polar surface area (TPSA) is 60.3 Å². The number of carbonyl (C=O) groups excluding carboxylic acids is 1. The molecule has 1 aliphatic rings. The molecule has 0 saturated heterocycles. The fourth-order valence-corrected chi connectivity index (χ4v) is 3.39. The zero-order valence-corrected chi connectivity index (χ0v) is 15.2. The van der Waals surface area contributed by atoms with E-state index in [4.69, 9.17) is 4.74 Å². The molecule has 0 unspecified atom stereocenters. The Bertz CT molecular complexity index is 779. The van der Waals surface area contributed by atoms with E-state index in [9.17, 15) is 9.59 Å². The molecule has 138 valence electrons. The molecule has 2 aromatic rings. The van der Waals surface area contributed by atoms with E-state index in [0.29, 0.717) is 43.7 Å². The van der Waals surface area contributed by atoms with Gasteiger partial charge >= 0.3 is 0 Å². The number of nitrogens with one attached hydrogen (secondary N) is 1. The Morgan fingerprint density at radius 3 is 2.69 bits per heavy atom. The molecule has 0 radical (unpaired) electrons. The highest BCUT2D eigenvalue weighted by Gasteiger charge is 2.30. The Labute approximate surface area is 154 Å². The molecule has 1 aromatic carbocycles. The minimum atomic E-state index is -0.127. The van der Waals surface area contributed by atoms with Crippen molar-refractivity contribution < 1.29 is 9.53 Å². The quantitative estimate of drug-likeness (QED) is 0.742. The summed E-state index contributed by atoms with van der Waals surface area (Å²) >= 11 is 0. The summed E-state index contributed by atoms with van der Waals surface area (Å²) in [6.07, 6.45) is 3.83.